The zero-order valence-electron chi connectivity index (χ0n) is 8.79. The SMILES string of the molecule is Cc1cn(-c2ccc(F)cc2)nc1C(F)(F)F. The molecule has 0 atom stereocenters. The van der Waals surface area contributed by atoms with Crippen molar-refractivity contribution in [2.45, 2.75) is 13.1 Å². The highest BCUT2D eigenvalue weighted by Crippen LogP contribution is 2.30. The number of aryl methyl sites for hydroxylation is 1. The van der Waals surface area contributed by atoms with E-state index in [0.717, 1.165) is 4.68 Å². The van der Waals surface area contributed by atoms with E-state index in [4.69, 9.17) is 0 Å². The summed E-state index contributed by atoms with van der Waals surface area (Å²) in [5, 5.41) is 3.45. The van der Waals surface area contributed by atoms with Crippen LogP contribution in [-0.2, 0) is 6.18 Å². The Hall–Kier alpha value is -1.85. The summed E-state index contributed by atoms with van der Waals surface area (Å²) in [5.41, 5.74) is -0.520. The smallest absolute Gasteiger partial charge is 0.240 e. The Kier molecular flexibility index (Phi) is 2.65. The van der Waals surface area contributed by atoms with Crippen molar-refractivity contribution in [1.82, 2.24) is 9.78 Å². The third-order valence-electron chi connectivity index (χ3n) is 2.26. The summed E-state index contributed by atoms with van der Waals surface area (Å²) in [6.45, 7) is 1.33. The van der Waals surface area contributed by atoms with Gasteiger partial charge >= 0.3 is 6.18 Å². The summed E-state index contributed by atoms with van der Waals surface area (Å²) in [6.07, 6.45) is -3.22. The van der Waals surface area contributed by atoms with Crippen molar-refractivity contribution < 1.29 is 17.6 Å². The zero-order chi connectivity index (χ0) is 12.6. The average Bonchev–Trinajstić information content (AvgIpc) is 2.61. The molecule has 2 nitrogen and oxygen atoms in total. The van der Waals surface area contributed by atoms with Gasteiger partial charge in [-0.1, -0.05) is 0 Å². The molecule has 6 heteroatoms. The van der Waals surface area contributed by atoms with Crippen LogP contribution in [0.25, 0.3) is 5.69 Å². The Morgan fingerprint density at radius 2 is 1.71 bits per heavy atom. The van der Waals surface area contributed by atoms with E-state index in [-0.39, 0.29) is 5.56 Å². The second-order valence-electron chi connectivity index (χ2n) is 3.58. The lowest BCUT2D eigenvalue weighted by molar-refractivity contribution is -0.141. The van der Waals surface area contributed by atoms with Gasteiger partial charge < -0.3 is 0 Å². The van der Waals surface area contributed by atoms with Crippen LogP contribution in [0, 0.1) is 12.7 Å². The number of nitrogens with zero attached hydrogens (tertiary/aromatic N) is 2. The molecule has 0 radical (unpaired) electrons. The number of hydrogen-bond acceptors (Lipinski definition) is 1. The Labute approximate surface area is 94.5 Å². The maximum atomic E-state index is 12.7. The van der Waals surface area contributed by atoms with Crippen molar-refractivity contribution in [1.29, 1.82) is 0 Å². The van der Waals surface area contributed by atoms with Crippen LogP contribution in [0.5, 0.6) is 0 Å². The molecule has 0 N–H and O–H groups in total. The number of benzene rings is 1. The minimum absolute atomic E-state index is 0.0295. The Bertz CT molecular complexity index is 525. The first-order chi connectivity index (χ1) is 7.88. The second-order valence-corrected chi connectivity index (χ2v) is 3.58. The molecule has 90 valence electrons. The highest BCUT2D eigenvalue weighted by Gasteiger charge is 2.35. The molecule has 0 bridgehead atoms. The topological polar surface area (TPSA) is 17.8 Å². The normalized spacial score (nSPS) is 11.8. The Balaban J connectivity index is 2.45. The van der Waals surface area contributed by atoms with Crippen LogP contribution < -0.4 is 0 Å². The van der Waals surface area contributed by atoms with E-state index >= 15 is 0 Å². The number of rotatable bonds is 1. The molecule has 0 aliphatic rings. The van der Waals surface area contributed by atoms with Crippen LogP contribution in [0.2, 0.25) is 0 Å². The summed E-state index contributed by atoms with van der Waals surface area (Å²) in [4.78, 5) is 0. The van der Waals surface area contributed by atoms with Gasteiger partial charge in [-0.15, -0.1) is 0 Å². The molecule has 1 heterocycles. The van der Waals surface area contributed by atoms with Crippen LogP contribution in [0.3, 0.4) is 0 Å². The zero-order valence-corrected chi connectivity index (χ0v) is 8.79. The van der Waals surface area contributed by atoms with Crippen molar-refractivity contribution in [2.75, 3.05) is 0 Å². The molecule has 0 amide bonds. The number of hydrogen-bond donors (Lipinski definition) is 0. The molecule has 0 fully saturated rings. The van der Waals surface area contributed by atoms with E-state index in [2.05, 4.69) is 5.10 Å². The van der Waals surface area contributed by atoms with Gasteiger partial charge in [-0.2, -0.15) is 18.3 Å². The molecule has 2 aromatic rings. The first-order valence-corrected chi connectivity index (χ1v) is 4.77. The molecule has 0 spiro atoms. The molecular formula is C11H8F4N2. The van der Waals surface area contributed by atoms with Gasteiger partial charge in [0.1, 0.15) is 5.82 Å². The standard InChI is InChI=1S/C11H8F4N2/c1-7-6-17(16-10(7)11(13,14)15)9-4-2-8(12)3-5-9/h2-6H,1H3. The molecule has 0 saturated carbocycles. The lowest BCUT2D eigenvalue weighted by atomic mass is 10.3. The van der Waals surface area contributed by atoms with Crippen molar-refractivity contribution in [3.05, 3.63) is 47.5 Å². The van der Waals surface area contributed by atoms with Crippen molar-refractivity contribution in [3.8, 4) is 5.69 Å². The first-order valence-electron chi connectivity index (χ1n) is 4.77. The van der Waals surface area contributed by atoms with Crippen LogP contribution >= 0.6 is 0 Å². The monoisotopic (exact) mass is 244 g/mol. The number of halogens is 4. The van der Waals surface area contributed by atoms with Gasteiger partial charge in [-0.05, 0) is 36.8 Å². The van der Waals surface area contributed by atoms with Gasteiger partial charge in [-0.25, -0.2) is 9.07 Å². The summed E-state index contributed by atoms with van der Waals surface area (Å²) >= 11 is 0. The van der Waals surface area contributed by atoms with E-state index in [1.807, 2.05) is 0 Å². The first kappa shape index (κ1) is 11.6. The third-order valence-corrected chi connectivity index (χ3v) is 2.26. The molecule has 1 aromatic heterocycles. The summed E-state index contributed by atoms with van der Waals surface area (Å²) in [7, 11) is 0. The number of alkyl halides is 3. The molecule has 17 heavy (non-hydrogen) atoms. The largest absolute Gasteiger partial charge is 0.435 e. The maximum absolute atomic E-state index is 12.7. The fourth-order valence-corrected chi connectivity index (χ4v) is 1.47. The predicted octanol–water partition coefficient (Wildman–Crippen LogP) is 3.34. The summed E-state index contributed by atoms with van der Waals surface area (Å²) in [5.74, 6) is -0.450. The van der Waals surface area contributed by atoms with Crippen LogP contribution in [0.1, 0.15) is 11.3 Å². The van der Waals surface area contributed by atoms with Crippen LogP contribution in [-0.4, -0.2) is 9.78 Å². The van der Waals surface area contributed by atoms with Crippen molar-refractivity contribution in [2.24, 2.45) is 0 Å². The molecule has 0 unspecified atom stereocenters. The van der Waals surface area contributed by atoms with E-state index in [0.29, 0.717) is 5.69 Å². The van der Waals surface area contributed by atoms with Crippen molar-refractivity contribution >= 4 is 0 Å². The second kappa shape index (κ2) is 3.87. The summed E-state index contributed by atoms with van der Waals surface area (Å²) < 4.78 is 51.3. The Morgan fingerprint density at radius 1 is 1.12 bits per heavy atom. The molecule has 1 aromatic carbocycles. The summed E-state index contributed by atoms with van der Waals surface area (Å²) in [6, 6.07) is 5.06. The fourth-order valence-electron chi connectivity index (χ4n) is 1.47. The van der Waals surface area contributed by atoms with Crippen LogP contribution in [0.15, 0.2) is 30.5 Å². The molecule has 0 saturated heterocycles. The highest BCUT2D eigenvalue weighted by molar-refractivity contribution is 5.33. The minimum atomic E-state index is -4.48. The molecule has 0 aliphatic heterocycles. The van der Waals surface area contributed by atoms with Gasteiger partial charge in [0.25, 0.3) is 0 Å². The minimum Gasteiger partial charge on any atom is -0.240 e. The molecular weight excluding hydrogens is 236 g/mol. The van der Waals surface area contributed by atoms with Crippen LogP contribution in [0.4, 0.5) is 17.6 Å². The van der Waals surface area contributed by atoms with Gasteiger partial charge in [0.05, 0.1) is 5.69 Å². The lowest BCUT2D eigenvalue weighted by Gasteiger charge is -2.03. The van der Waals surface area contributed by atoms with E-state index in [1.165, 1.54) is 37.4 Å². The van der Waals surface area contributed by atoms with E-state index < -0.39 is 17.7 Å². The fraction of sp³-hybridized carbons (Fsp3) is 0.182. The highest BCUT2D eigenvalue weighted by atomic mass is 19.4. The lowest BCUT2D eigenvalue weighted by Crippen LogP contribution is -2.08. The molecule has 0 aliphatic carbocycles. The van der Waals surface area contributed by atoms with Gasteiger partial charge in [0, 0.05) is 6.20 Å². The quantitative estimate of drug-likeness (QED) is 0.703. The predicted molar refractivity (Wildman–Crippen MR) is 53.3 cm³/mol. The van der Waals surface area contributed by atoms with E-state index in [1.54, 1.807) is 0 Å². The van der Waals surface area contributed by atoms with Gasteiger partial charge in [-0.3, -0.25) is 0 Å². The molecule has 2 rings (SSSR count). The van der Waals surface area contributed by atoms with Crippen molar-refractivity contribution in [3.63, 3.8) is 0 Å². The Morgan fingerprint density at radius 3 is 2.18 bits per heavy atom. The number of aromatic nitrogens is 2. The van der Waals surface area contributed by atoms with E-state index in [9.17, 15) is 17.6 Å². The van der Waals surface area contributed by atoms with Gasteiger partial charge in [0.15, 0.2) is 5.69 Å². The average molecular weight is 244 g/mol. The maximum Gasteiger partial charge on any atom is 0.435 e. The third kappa shape index (κ3) is 2.30. The van der Waals surface area contributed by atoms with Gasteiger partial charge in [0.2, 0.25) is 0 Å².